The van der Waals surface area contributed by atoms with Gasteiger partial charge >= 0.3 is 0 Å². The fraction of sp³-hybridized carbons (Fsp3) is 0.714. The van der Waals surface area contributed by atoms with Gasteiger partial charge in [0.1, 0.15) is 0 Å². The Kier molecular flexibility index (Phi) is 4.25. The van der Waals surface area contributed by atoms with E-state index in [0.717, 1.165) is 0 Å². The van der Waals surface area contributed by atoms with Gasteiger partial charge in [-0.05, 0) is 20.4 Å². The van der Waals surface area contributed by atoms with Crippen molar-refractivity contribution >= 4 is 19.9 Å². The quantitative estimate of drug-likeness (QED) is 0.475. The summed E-state index contributed by atoms with van der Waals surface area (Å²) in [4.78, 5) is 0. The summed E-state index contributed by atoms with van der Waals surface area (Å²) in [6, 6.07) is 0. The molecule has 0 aromatic rings. The van der Waals surface area contributed by atoms with E-state index < -0.39 is 8.32 Å². The molecule has 10 heavy (non-hydrogen) atoms. The fourth-order valence-electron chi connectivity index (χ4n) is 0.673. The monoisotopic (exact) mass is 178 g/mol. The second-order valence-corrected chi connectivity index (χ2v) is 7.16. The van der Waals surface area contributed by atoms with E-state index in [1.165, 1.54) is 0 Å². The molecule has 1 unspecified atom stereocenters. The van der Waals surface area contributed by atoms with Crippen molar-refractivity contribution in [3.8, 4) is 0 Å². The Labute approximate surface area is 69.2 Å². The van der Waals surface area contributed by atoms with E-state index in [9.17, 15) is 0 Å². The predicted molar refractivity (Wildman–Crippen MR) is 48.8 cm³/mol. The third-order valence-corrected chi connectivity index (χ3v) is 5.20. The van der Waals surface area contributed by atoms with Gasteiger partial charge in [0.2, 0.25) is 8.32 Å². The van der Waals surface area contributed by atoms with Gasteiger partial charge in [0.15, 0.2) is 0 Å². The second kappa shape index (κ2) is 4.16. The Balaban J connectivity index is 3.92. The molecule has 1 nitrogen and oxygen atoms in total. The summed E-state index contributed by atoms with van der Waals surface area (Å²) in [7, 11) is -1.73. The van der Waals surface area contributed by atoms with Crippen LogP contribution in [0.4, 0.5) is 0 Å². The van der Waals surface area contributed by atoms with Gasteiger partial charge in [-0.2, -0.15) is 0 Å². The molecule has 0 rings (SSSR count). The van der Waals surface area contributed by atoms with Crippen LogP contribution in [0.15, 0.2) is 12.3 Å². The van der Waals surface area contributed by atoms with E-state index >= 15 is 0 Å². The summed E-state index contributed by atoms with van der Waals surface area (Å²) in [6.07, 6.45) is 0.258. The maximum Gasteiger partial charge on any atom is 0.228 e. The van der Waals surface area contributed by atoms with Crippen molar-refractivity contribution in [1.82, 2.24) is 0 Å². The molecule has 0 N–H and O–H groups in total. The van der Waals surface area contributed by atoms with Gasteiger partial charge in [0.05, 0.1) is 0 Å². The second-order valence-electron chi connectivity index (χ2n) is 2.82. The molecular formula is C7H15ClOSi. The lowest BCUT2D eigenvalue weighted by Crippen LogP contribution is -2.37. The van der Waals surface area contributed by atoms with Crippen molar-refractivity contribution in [3.05, 3.63) is 12.3 Å². The van der Waals surface area contributed by atoms with E-state index in [2.05, 4.69) is 13.1 Å². The highest BCUT2D eigenvalue weighted by Gasteiger charge is 2.24. The summed E-state index contributed by atoms with van der Waals surface area (Å²) >= 11 is 5.72. The molecule has 0 aliphatic carbocycles. The molecule has 0 amide bonds. The number of halogens is 1. The smallest absolute Gasteiger partial charge is 0.228 e. The minimum atomic E-state index is -1.73. The Morgan fingerprint density at radius 2 is 2.20 bits per heavy atom. The van der Waals surface area contributed by atoms with Crippen LogP contribution in [0, 0.1) is 0 Å². The molecule has 3 heteroatoms. The summed E-state index contributed by atoms with van der Waals surface area (Å²) in [5.41, 5.74) is 2.47. The zero-order valence-corrected chi connectivity index (χ0v) is 8.61. The summed E-state index contributed by atoms with van der Waals surface area (Å²) in [5, 5.41) is 0. The summed E-state index contributed by atoms with van der Waals surface area (Å²) in [6.45, 7) is 9.80. The average molecular weight is 179 g/mol. The molecule has 60 valence electrons. The summed E-state index contributed by atoms with van der Waals surface area (Å²) in [5.74, 6) is 0. The van der Waals surface area contributed by atoms with E-state index in [4.69, 9.17) is 16.0 Å². The molecule has 0 saturated heterocycles. The zero-order valence-electron chi connectivity index (χ0n) is 6.86. The molecule has 0 fully saturated rings. The SMILES string of the molecule is C=C[Si](C)(CCl)OC(C)C. The third kappa shape index (κ3) is 3.39. The van der Waals surface area contributed by atoms with Crippen LogP contribution in [0.2, 0.25) is 6.55 Å². The van der Waals surface area contributed by atoms with E-state index in [0.29, 0.717) is 5.50 Å². The molecule has 0 heterocycles. The van der Waals surface area contributed by atoms with Gasteiger partial charge in [0.25, 0.3) is 0 Å². The first-order valence-corrected chi connectivity index (χ1v) is 6.64. The topological polar surface area (TPSA) is 9.23 Å². The Morgan fingerprint density at radius 1 is 1.70 bits per heavy atom. The van der Waals surface area contributed by atoms with Gasteiger partial charge < -0.3 is 4.43 Å². The third-order valence-electron chi connectivity index (χ3n) is 1.20. The van der Waals surface area contributed by atoms with Gasteiger partial charge in [-0.15, -0.1) is 18.2 Å². The van der Waals surface area contributed by atoms with Crippen LogP contribution in [-0.2, 0) is 4.43 Å². The van der Waals surface area contributed by atoms with Crippen molar-refractivity contribution in [2.45, 2.75) is 26.5 Å². The fourth-order valence-corrected chi connectivity index (χ4v) is 2.53. The molecular weight excluding hydrogens is 164 g/mol. The van der Waals surface area contributed by atoms with Crippen LogP contribution < -0.4 is 0 Å². The Hall–Kier alpha value is 0.207. The molecule has 1 atom stereocenters. The lowest BCUT2D eigenvalue weighted by molar-refractivity contribution is 0.237. The lowest BCUT2D eigenvalue weighted by atomic mass is 10.5. The molecule has 0 bridgehead atoms. The molecule has 0 aliphatic rings. The highest BCUT2D eigenvalue weighted by molar-refractivity contribution is 6.83. The number of alkyl halides is 1. The molecule has 0 saturated carbocycles. The van der Waals surface area contributed by atoms with Gasteiger partial charge in [-0.1, -0.05) is 5.70 Å². The highest BCUT2D eigenvalue weighted by Crippen LogP contribution is 2.10. The molecule has 0 spiro atoms. The standard InChI is InChI=1S/C7H15ClOSi/c1-5-10(4,6-8)9-7(2)3/h5,7H,1,6H2,2-4H3. The van der Waals surface area contributed by atoms with Crippen LogP contribution in [0.3, 0.4) is 0 Å². The predicted octanol–water partition coefficient (Wildman–Crippen LogP) is 2.49. The minimum Gasteiger partial charge on any atom is -0.410 e. The first-order chi connectivity index (χ1) is 4.54. The average Bonchev–Trinajstić information content (AvgIpc) is 1.87. The largest absolute Gasteiger partial charge is 0.410 e. The van der Waals surface area contributed by atoms with E-state index in [-0.39, 0.29) is 6.10 Å². The highest BCUT2D eigenvalue weighted by atomic mass is 35.5. The van der Waals surface area contributed by atoms with Crippen molar-refractivity contribution in [2.24, 2.45) is 0 Å². The van der Waals surface area contributed by atoms with Crippen LogP contribution in [0.5, 0.6) is 0 Å². The number of rotatable bonds is 4. The van der Waals surface area contributed by atoms with E-state index in [1.807, 2.05) is 19.5 Å². The van der Waals surface area contributed by atoms with Crippen molar-refractivity contribution < 1.29 is 4.43 Å². The van der Waals surface area contributed by atoms with Crippen molar-refractivity contribution in [1.29, 1.82) is 0 Å². The van der Waals surface area contributed by atoms with Crippen LogP contribution >= 0.6 is 11.6 Å². The van der Waals surface area contributed by atoms with Crippen LogP contribution in [-0.4, -0.2) is 19.9 Å². The maximum absolute atomic E-state index is 5.72. The Morgan fingerprint density at radius 3 is 2.30 bits per heavy atom. The van der Waals surface area contributed by atoms with Gasteiger partial charge in [-0.25, -0.2) is 0 Å². The van der Waals surface area contributed by atoms with Crippen molar-refractivity contribution in [2.75, 3.05) is 5.50 Å². The molecule has 0 radical (unpaired) electrons. The molecule has 0 aliphatic heterocycles. The van der Waals surface area contributed by atoms with E-state index in [1.54, 1.807) is 0 Å². The van der Waals surface area contributed by atoms with Crippen LogP contribution in [0.1, 0.15) is 13.8 Å². The molecule has 0 aromatic heterocycles. The Bertz CT molecular complexity index is 116. The van der Waals surface area contributed by atoms with Crippen LogP contribution in [0.25, 0.3) is 0 Å². The maximum atomic E-state index is 5.72. The first kappa shape index (κ1) is 10.2. The van der Waals surface area contributed by atoms with Gasteiger partial charge in [0, 0.05) is 11.6 Å². The zero-order chi connectivity index (χ0) is 8.20. The van der Waals surface area contributed by atoms with Crippen molar-refractivity contribution in [3.63, 3.8) is 0 Å². The normalized spacial score (nSPS) is 16.9. The molecule has 0 aromatic carbocycles. The minimum absolute atomic E-state index is 0.258. The lowest BCUT2D eigenvalue weighted by Gasteiger charge is -2.23. The summed E-state index contributed by atoms with van der Waals surface area (Å²) < 4.78 is 5.62. The van der Waals surface area contributed by atoms with Gasteiger partial charge in [-0.3, -0.25) is 0 Å². The number of hydrogen-bond donors (Lipinski definition) is 0. The first-order valence-electron chi connectivity index (χ1n) is 3.41. The number of hydrogen-bond acceptors (Lipinski definition) is 1.